The number of aliphatic hydroxyl groups excluding tert-OH is 1. The highest BCUT2D eigenvalue weighted by Gasteiger charge is 2.35. The lowest BCUT2D eigenvalue weighted by Gasteiger charge is -2.43. The number of piperazine rings is 1. The number of methoxy groups -OCH3 is 1. The van der Waals surface area contributed by atoms with Crippen LogP contribution in [-0.2, 0) is 0 Å². The molecule has 0 radical (unpaired) electrons. The monoisotopic (exact) mass is 312 g/mol. The summed E-state index contributed by atoms with van der Waals surface area (Å²) >= 11 is 6.14. The topological polar surface area (TPSA) is 44.7 Å². The van der Waals surface area contributed by atoms with Crippen molar-refractivity contribution in [2.45, 2.75) is 19.9 Å². The molecule has 5 heteroatoms. The zero-order valence-corrected chi connectivity index (χ0v) is 13.8. The fourth-order valence-electron chi connectivity index (χ4n) is 3.03. The summed E-state index contributed by atoms with van der Waals surface area (Å²) in [4.78, 5) is 2.43. The number of nitrogens with one attached hydrogen (secondary N) is 1. The van der Waals surface area contributed by atoms with E-state index in [1.54, 1.807) is 7.11 Å². The summed E-state index contributed by atoms with van der Waals surface area (Å²) in [5.74, 6) is 0.683. The second-order valence-corrected chi connectivity index (χ2v) is 6.64. The maximum Gasteiger partial charge on any atom is 0.137 e. The van der Waals surface area contributed by atoms with Gasteiger partial charge < -0.3 is 15.2 Å². The van der Waals surface area contributed by atoms with Gasteiger partial charge in [-0.25, -0.2) is 0 Å². The Morgan fingerprint density at radius 1 is 1.38 bits per heavy atom. The minimum atomic E-state index is -0.240. The first kappa shape index (κ1) is 16.6. The second kappa shape index (κ2) is 6.97. The second-order valence-electron chi connectivity index (χ2n) is 6.23. The van der Waals surface area contributed by atoms with E-state index in [1.807, 2.05) is 18.2 Å². The Labute approximate surface area is 132 Å². The summed E-state index contributed by atoms with van der Waals surface area (Å²) in [5.41, 5.74) is 0.896. The standard InChI is InChI=1S/C16H25ClN2O2/c1-16(2,11-20)15(19-8-6-18-7-9-19)12-4-5-13(17)14(10-12)21-3/h4-5,10,15,18,20H,6-9,11H2,1-3H3/t15-/m1/s1. The highest BCUT2D eigenvalue weighted by atomic mass is 35.5. The van der Waals surface area contributed by atoms with E-state index < -0.39 is 0 Å². The molecule has 1 fully saturated rings. The van der Waals surface area contributed by atoms with Crippen molar-refractivity contribution in [3.05, 3.63) is 28.8 Å². The molecule has 0 aromatic heterocycles. The van der Waals surface area contributed by atoms with Crippen molar-refractivity contribution < 1.29 is 9.84 Å². The molecule has 2 rings (SSSR count). The maximum absolute atomic E-state index is 9.84. The van der Waals surface area contributed by atoms with Gasteiger partial charge in [-0.05, 0) is 17.7 Å². The van der Waals surface area contributed by atoms with Crippen LogP contribution in [0.5, 0.6) is 5.75 Å². The van der Waals surface area contributed by atoms with Crippen LogP contribution < -0.4 is 10.1 Å². The molecule has 0 aliphatic carbocycles. The summed E-state index contributed by atoms with van der Waals surface area (Å²) in [6.45, 7) is 8.22. The van der Waals surface area contributed by atoms with E-state index >= 15 is 0 Å². The highest BCUT2D eigenvalue weighted by molar-refractivity contribution is 6.32. The molecule has 1 aromatic carbocycles. The molecule has 1 atom stereocenters. The summed E-state index contributed by atoms with van der Waals surface area (Å²) < 4.78 is 5.34. The molecule has 2 N–H and O–H groups in total. The van der Waals surface area contributed by atoms with Crippen molar-refractivity contribution in [1.82, 2.24) is 10.2 Å². The zero-order valence-electron chi connectivity index (χ0n) is 13.0. The van der Waals surface area contributed by atoms with E-state index in [4.69, 9.17) is 16.3 Å². The summed E-state index contributed by atoms with van der Waals surface area (Å²) in [6, 6.07) is 6.04. The Bertz CT molecular complexity index is 473. The molecule has 0 bridgehead atoms. The van der Waals surface area contributed by atoms with Gasteiger partial charge in [-0.15, -0.1) is 0 Å². The van der Waals surface area contributed by atoms with E-state index in [0.717, 1.165) is 31.7 Å². The normalized spacial score (nSPS) is 18.5. The van der Waals surface area contributed by atoms with Gasteiger partial charge in [0.05, 0.1) is 12.1 Å². The highest BCUT2D eigenvalue weighted by Crippen LogP contribution is 2.40. The molecule has 4 nitrogen and oxygen atoms in total. The smallest absolute Gasteiger partial charge is 0.137 e. The van der Waals surface area contributed by atoms with Gasteiger partial charge in [0.1, 0.15) is 5.75 Å². The molecule has 1 aliphatic heterocycles. The Hall–Kier alpha value is -0.810. The average Bonchev–Trinajstić information content (AvgIpc) is 2.50. The number of nitrogens with zero attached hydrogens (tertiary/aromatic N) is 1. The lowest BCUT2D eigenvalue weighted by molar-refractivity contribution is 0.0304. The van der Waals surface area contributed by atoms with Crippen molar-refractivity contribution >= 4 is 11.6 Å². The van der Waals surface area contributed by atoms with Crippen LogP contribution >= 0.6 is 11.6 Å². The maximum atomic E-state index is 9.84. The van der Waals surface area contributed by atoms with Gasteiger partial charge in [0.15, 0.2) is 0 Å². The predicted octanol–water partition coefficient (Wildman–Crippen LogP) is 2.31. The first-order valence-corrected chi connectivity index (χ1v) is 7.76. The quantitative estimate of drug-likeness (QED) is 0.876. The van der Waals surface area contributed by atoms with E-state index in [2.05, 4.69) is 24.1 Å². The summed E-state index contributed by atoms with van der Waals surface area (Å²) in [5, 5.41) is 13.8. The molecular formula is C16H25ClN2O2. The van der Waals surface area contributed by atoms with Crippen LogP contribution in [0.15, 0.2) is 18.2 Å². The van der Waals surface area contributed by atoms with Gasteiger partial charge in [-0.3, -0.25) is 4.90 Å². The molecule has 0 amide bonds. The van der Waals surface area contributed by atoms with Crippen LogP contribution in [0, 0.1) is 5.41 Å². The Morgan fingerprint density at radius 2 is 2.05 bits per heavy atom. The number of hydrogen-bond acceptors (Lipinski definition) is 4. The van der Waals surface area contributed by atoms with E-state index in [-0.39, 0.29) is 18.1 Å². The number of aliphatic hydroxyl groups is 1. The Kier molecular flexibility index (Phi) is 5.49. The molecule has 0 saturated carbocycles. The van der Waals surface area contributed by atoms with E-state index in [9.17, 15) is 5.11 Å². The third-order valence-corrected chi connectivity index (χ3v) is 4.47. The van der Waals surface area contributed by atoms with Gasteiger partial charge in [-0.1, -0.05) is 31.5 Å². The molecule has 0 unspecified atom stereocenters. The number of benzene rings is 1. The van der Waals surface area contributed by atoms with Gasteiger partial charge in [-0.2, -0.15) is 0 Å². The zero-order chi connectivity index (χ0) is 15.5. The predicted molar refractivity (Wildman–Crippen MR) is 86.1 cm³/mol. The number of ether oxygens (including phenoxy) is 1. The van der Waals surface area contributed by atoms with Crippen molar-refractivity contribution in [2.75, 3.05) is 39.9 Å². The minimum absolute atomic E-state index is 0.131. The summed E-state index contributed by atoms with van der Waals surface area (Å²) in [7, 11) is 1.63. The molecule has 1 saturated heterocycles. The molecule has 21 heavy (non-hydrogen) atoms. The first-order valence-electron chi connectivity index (χ1n) is 7.38. The van der Waals surface area contributed by atoms with Crippen molar-refractivity contribution in [3.8, 4) is 5.75 Å². The molecule has 118 valence electrons. The first-order chi connectivity index (χ1) is 9.99. The fourth-order valence-corrected chi connectivity index (χ4v) is 3.22. The van der Waals surface area contributed by atoms with Gasteiger partial charge in [0.2, 0.25) is 0 Å². The van der Waals surface area contributed by atoms with Gasteiger partial charge in [0, 0.05) is 44.2 Å². The number of halogens is 1. The molecule has 1 aromatic rings. The third-order valence-electron chi connectivity index (χ3n) is 4.16. The Morgan fingerprint density at radius 3 is 2.62 bits per heavy atom. The van der Waals surface area contributed by atoms with Crippen LogP contribution in [-0.4, -0.2) is 49.9 Å². The molecular weight excluding hydrogens is 288 g/mol. The van der Waals surface area contributed by atoms with Crippen molar-refractivity contribution in [3.63, 3.8) is 0 Å². The molecule has 0 spiro atoms. The van der Waals surface area contributed by atoms with Gasteiger partial charge >= 0.3 is 0 Å². The number of hydrogen-bond donors (Lipinski definition) is 2. The average molecular weight is 313 g/mol. The lowest BCUT2D eigenvalue weighted by Crippen LogP contribution is -2.49. The van der Waals surface area contributed by atoms with Crippen LogP contribution in [0.4, 0.5) is 0 Å². The minimum Gasteiger partial charge on any atom is -0.495 e. The van der Waals surface area contributed by atoms with E-state index in [1.165, 1.54) is 0 Å². The van der Waals surface area contributed by atoms with Crippen LogP contribution in [0.2, 0.25) is 5.02 Å². The SMILES string of the molecule is COc1cc([C@@H](N2CCNCC2)C(C)(C)CO)ccc1Cl. The van der Waals surface area contributed by atoms with E-state index in [0.29, 0.717) is 10.8 Å². The van der Waals surface area contributed by atoms with Gasteiger partial charge in [0.25, 0.3) is 0 Å². The lowest BCUT2D eigenvalue weighted by atomic mass is 9.79. The molecule has 1 aliphatic rings. The summed E-state index contributed by atoms with van der Waals surface area (Å²) in [6.07, 6.45) is 0. The van der Waals surface area contributed by atoms with Crippen LogP contribution in [0.1, 0.15) is 25.5 Å². The Balaban J connectivity index is 2.38. The number of rotatable bonds is 5. The fraction of sp³-hybridized carbons (Fsp3) is 0.625. The van der Waals surface area contributed by atoms with Crippen LogP contribution in [0.25, 0.3) is 0 Å². The van der Waals surface area contributed by atoms with Crippen molar-refractivity contribution in [2.24, 2.45) is 5.41 Å². The molecule has 1 heterocycles. The largest absolute Gasteiger partial charge is 0.495 e. The van der Waals surface area contributed by atoms with Crippen LogP contribution in [0.3, 0.4) is 0 Å². The third kappa shape index (κ3) is 3.69. The van der Waals surface area contributed by atoms with Crippen molar-refractivity contribution in [1.29, 1.82) is 0 Å².